The highest BCUT2D eigenvalue weighted by Crippen LogP contribution is 2.20. The van der Waals surface area contributed by atoms with E-state index in [9.17, 15) is 4.79 Å². The molecule has 0 fully saturated rings. The first kappa shape index (κ1) is 16.3. The zero-order valence-electron chi connectivity index (χ0n) is 14.1. The highest BCUT2D eigenvalue weighted by molar-refractivity contribution is 5.92. The molecule has 0 unspecified atom stereocenters. The van der Waals surface area contributed by atoms with E-state index in [2.05, 4.69) is 24.3 Å². The van der Waals surface area contributed by atoms with Crippen LogP contribution in [0.5, 0.6) is 5.75 Å². The Labute approximate surface area is 143 Å². The lowest BCUT2D eigenvalue weighted by Crippen LogP contribution is -2.31. The van der Waals surface area contributed by atoms with Crippen LogP contribution in [0.1, 0.15) is 23.6 Å². The van der Waals surface area contributed by atoms with Gasteiger partial charge in [-0.1, -0.05) is 42.5 Å². The second kappa shape index (κ2) is 7.82. The van der Waals surface area contributed by atoms with Gasteiger partial charge in [-0.15, -0.1) is 0 Å². The number of ether oxygens (including phenoxy) is 1. The number of rotatable bonds is 4. The lowest BCUT2D eigenvalue weighted by molar-refractivity contribution is -0.125. The minimum atomic E-state index is 0.0640. The second-order valence-electron chi connectivity index (χ2n) is 5.90. The Bertz CT molecular complexity index is 709. The smallest absolute Gasteiger partial charge is 0.246 e. The van der Waals surface area contributed by atoms with Crippen molar-refractivity contribution < 1.29 is 9.53 Å². The van der Waals surface area contributed by atoms with Crippen molar-refractivity contribution in [1.29, 1.82) is 0 Å². The van der Waals surface area contributed by atoms with Crippen LogP contribution < -0.4 is 4.74 Å². The van der Waals surface area contributed by atoms with E-state index in [0.29, 0.717) is 6.61 Å². The second-order valence-corrected chi connectivity index (χ2v) is 5.90. The number of fused-ring (bicyclic) bond motifs is 1. The van der Waals surface area contributed by atoms with Crippen molar-refractivity contribution in [3.05, 3.63) is 71.3 Å². The van der Waals surface area contributed by atoms with Crippen LogP contribution in [-0.2, 0) is 17.6 Å². The van der Waals surface area contributed by atoms with E-state index in [1.807, 2.05) is 42.2 Å². The third kappa shape index (κ3) is 3.85. The number of benzene rings is 2. The Kier molecular flexibility index (Phi) is 5.32. The average Bonchev–Trinajstić information content (AvgIpc) is 2.84. The van der Waals surface area contributed by atoms with Crippen molar-refractivity contribution in [2.45, 2.75) is 19.8 Å². The first-order valence-electron chi connectivity index (χ1n) is 8.53. The van der Waals surface area contributed by atoms with E-state index in [4.69, 9.17) is 4.74 Å². The van der Waals surface area contributed by atoms with Gasteiger partial charge in [0.2, 0.25) is 5.91 Å². The molecule has 0 aromatic heterocycles. The van der Waals surface area contributed by atoms with Crippen molar-refractivity contribution in [2.24, 2.45) is 0 Å². The number of carbonyl (C=O) groups is 1. The molecule has 124 valence electrons. The standard InChI is InChI=1S/C21H23NO2/c1-2-24-20-10-6-5-9-19(20)11-12-21(23)22-15-13-17-7-3-4-8-18(17)14-16-22/h3-12H,2,13-16H2,1H3/b12-11+. The Balaban J connectivity index is 1.68. The molecule has 0 N–H and O–H groups in total. The molecule has 0 radical (unpaired) electrons. The summed E-state index contributed by atoms with van der Waals surface area (Å²) in [5.74, 6) is 0.876. The fourth-order valence-electron chi connectivity index (χ4n) is 3.06. The zero-order chi connectivity index (χ0) is 16.8. The first-order chi connectivity index (χ1) is 11.8. The molecule has 0 saturated carbocycles. The summed E-state index contributed by atoms with van der Waals surface area (Å²) < 4.78 is 5.60. The monoisotopic (exact) mass is 321 g/mol. The average molecular weight is 321 g/mol. The van der Waals surface area contributed by atoms with Gasteiger partial charge in [0.1, 0.15) is 5.75 Å². The molecule has 2 aromatic carbocycles. The van der Waals surface area contributed by atoms with Gasteiger partial charge in [-0.25, -0.2) is 0 Å². The largest absolute Gasteiger partial charge is 0.493 e. The van der Waals surface area contributed by atoms with E-state index in [0.717, 1.165) is 37.2 Å². The van der Waals surface area contributed by atoms with E-state index in [1.54, 1.807) is 6.08 Å². The van der Waals surface area contributed by atoms with E-state index >= 15 is 0 Å². The number of nitrogens with zero attached hydrogens (tertiary/aromatic N) is 1. The van der Waals surface area contributed by atoms with Crippen LogP contribution >= 0.6 is 0 Å². The maximum atomic E-state index is 12.5. The maximum absolute atomic E-state index is 12.5. The molecular weight excluding hydrogens is 298 g/mol. The molecule has 1 aliphatic heterocycles. The van der Waals surface area contributed by atoms with Crippen LogP contribution in [0.4, 0.5) is 0 Å². The number of hydrogen-bond acceptors (Lipinski definition) is 2. The third-order valence-corrected chi connectivity index (χ3v) is 4.36. The quantitative estimate of drug-likeness (QED) is 0.803. The van der Waals surface area contributed by atoms with Crippen molar-refractivity contribution >= 4 is 12.0 Å². The van der Waals surface area contributed by atoms with Crippen molar-refractivity contribution in [3.8, 4) is 5.75 Å². The van der Waals surface area contributed by atoms with Gasteiger partial charge in [-0.2, -0.15) is 0 Å². The van der Waals surface area contributed by atoms with E-state index in [1.165, 1.54) is 11.1 Å². The van der Waals surface area contributed by atoms with Crippen LogP contribution in [0.15, 0.2) is 54.6 Å². The molecule has 1 amide bonds. The predicted octanol–water partition coefficient (Wildman–Crippen LogP) is 3.73. The molecule has 3 rings (SSSR count). The van der Waals surface area contributed by atoms with Crippen LogP contribution in [-0.4, -0.2) is 30.5 Å². The molecule has 2 aromatic rings. The van der Waals surface area contributed by atoms with Gasteiger partial charge in [-0.3, -0.25) is 4.79 Å². The Morgan fingerprint density at radius 3 is 2.33 bits per heavy atom. The molecular formula is C21H23NO2. The summed E-state index contributed by atoms with van der Waals surface area (Å²) in [4.78, 5) is 14.5. The first-order valence-corrected chi connectivity index (χ1v) is 8.53. The molecule has 0 aliphatic carbocycles. The van der Waals surface area contributed by atoms with Gasteiger partial charge < -0.3 is 9.64 Å². The lowest BCUT2D eigenvalue weighted by Gasteiger charge is -2.18. The molecule has 1 aliphatic rings. The number of carbonyl (C=O) groups excluding carboxylic acids is 1. The van der Waals surface area contributed by atoms with Gasteiger partial charge in [0, 0.05) is 24.7 Å². The summed E-state index contributed by atoms with van der Waals surface area (Å²) in [6, 6.07) is 16.3. The third-order valence-electron chi connectivity index (χ3n) is 4.36. The van der Waals surface area contributed by atoms with Gasteiger partial charge in [0.15, 0.2) is 0 Å². The minimum absolute atomic E-state index is 0.0640. The van der Waals surface area contributed by atoms with E-state index in [-0.39, 0.29) is 5.91 Å². The summed E-state index contributed by atoms with van der Waals surface area (Å²) in [5, 5.41) is 0. The Morgan fingerprint density at radius 2 is 1.67 bits per heavy atom. The molecule has 1 heterocycles. The van der Waals surface area contributed by atoms with Crippen molar-refractivity contribution in [2.75, 3.05) is 19.7 Å². The minimum Gasteiger partial charge on any atom is -0.493 e. The van der Waals surface area contributed by atoms with Crippen molar-refractivity contribution in [1.82, 2.24) is 4.90 Å². The summed E-state index contributed by atoms with van der Waals surface area (Å²) >= 11 is 0. The Hall–Kier alpha value is -2.55. The molecule has 0 bridgehead atoms. The van der Waals surface area contributed by atoms with E-state index < -0.39 is 0 Å². The van der Waals surface area contributed by atoms with Gasteiger partial charge in [-0.05, 0) is 43.0 Å². The Morgan fingerprint density at radius 1 is 1.04 bits per heavy atom. The molecule has 24 heavy (non-hydrogen) atoms. The predicted molar refractivity (Wildman–Crippen MR) is 97.1 cm³/mol. The van der Waals surface area contributed by atoms with Gasteiger partial charge in [0.05, 0.1) is 6.61 Å². The molecule has 0 atom stereocenters. The summed E-state index contributed by atoms with van der Waals surface area (Å²) in [6.45, 7) is 4.12. The topological polar surface area (TPSA) is 29.5 Å². The molecule has 3 heteroatoms. The molecule has 3 nitrogen and oxygen atoms in total. The number of para-hydroxylation sites is 1. The van der Waals surface area contributed by atoms with Crippen LogP contribution in [0, 0.1) is 0 Å². The molecule has 0 saturated heterocycles. The van der Waals surface area contributed by atoms with Crippen LogP contribution in [0.2, 0.25) is 0 Å². The summed E-state index contributed by atoms with van der Waals surface area (Å²) in [5.41, 5.74) is 3.66. The molecule has 0 spiro atoms. The number of amides is 1. The van der Waals surface area contributed by atoms with Crippen LogP contribution in [0.3, 0.4) is 0 Å². The summed E-state index contributed by atoms with van der Waals surface area (Å²) in [6.07, 6.45) is 5.36. The normalized spacial score (nSPS) is 14.3. The fourth-order valence-corrected chi connectivity index (χ4v) is 3.06. The zero-order valence-corrected chi connectivity index (χ0v) is 14.1. The highest BCUT2D eigenvalue weighted by Gasteiger charge is 2.16. The van der Waals surface area contributed by atoms with Crippen molar-refractivity contribution in [3.63, 3.8) is 0 Å². The highest BCUT2D eigenvalue weighted by atomic mass is 16.5. The maximum Gasteiger partial charge on any atom is 0.246 e. The van der Waals surface area contributed by atoms with Crippen LogP contribution in [0.25, 0.3) is 6.08 Å². The number of hydrogen-bond donors (Lipinski definition) is 0. The summed E-state index contributed by atoms with van der Waals surface area (Å²) in [7, 11) is 0. The lowest BCUT2D eigenvalue weighted by atomic mass is 10.0. The SMILES string of the molecule is CCOc1ccccc1/C=C/C(=O)N1CCc2ccccc2CC1. The fraction of sp³-hybridized carbons (Fsp3) is 0.286. The van der Waals surface area contributed by atoms with Gasteiger partial charge >= 0.3 is 0 Å². The van der Waals surface area contributed by atoms with Gasteiger partial charge in [0.25, 0.3) is 0 Å².